The van der Waals surface area contributed by atoms with Crippen LogP contribution in [0, 0.1) is 5.92 Å². The summed E-state index contributed by atoms with van der Waals surface area (Å²) in [5.74, 6) is 1.32. The molecule has 0 radical (unpaired) electrons. The summed E-state index contributed by atoms with van der Waals surface area (Å²) >= 11 is 0. The number of carbonyl (C=O) groups is 1. The zero-order valence-corrected chi connectivity index (χ0v) is 12.1. The second kappa shape index (κ2) is 5.09. The van der Waals surface area contributed by atoms with Crippen LogP contribution in [-0.2, 0) is 4.79 Å². The molecule has 4 nitrogen and oxygen atoms in total. The number of fused-ring (bicyclic) bond motifs is 1. The summed E-state index contributed by atoms with van der Waals surface area (Å²) in [6.45, 7) is 1.78. The largest absolute Gasteiger partial charge is 0.479 e. The Morgan fingerprint density at radius 1 is 1.35 bits per heavy atom. The molecular formula is C16H22N2O2. The molecule has 0 saturated heterocycles. The van der Waals surface area contributed by atoms with Crippen LogP contribution in [0.2, 0.25) is 0 Å². The first kappa shape index (κ1) is 13.4. The minimum Gasteiger partial charge on any atom is -0.479 e. The van der Waals surface area contributed by atoms with Crippen LogP contribution in [0.1, 0.15) is 44.2 Å². The summed E-state index contributed by atoms with van der Waals surface area (Å²) in [5.41, 5.74) is 8.33. The minimum absolute atomic E-state index is 0.0101. The fourth-order valence-corrected chi connectivity index (χ4v) is 3.32. The third-order valence-corrected chi connectivity index (χ3v) is 4.62. The summed E-state index contributed by atoms with van der Waals surface area (Å²) in [7, 11) is 1.80. The van der Waals surface area contributed by atoms with Crippen LogP contribution in [-0.4, -0.2) is 19.1 Å². The van der Waals surface area contributed by atoms with Gasteiger partial charge in [-0.15, -0.1) is 0 Å². The van der Waals surface area contributed by atoms with Gasteiger partial charge in [0.15, 0.2) is 6.10 Å². The number of ether oxygens (including phenoxy) is 1. The van der Waals surface area contributed by atoms with Gasteiger partial charge in [-0.25, -0.2) is 0 Å². The summed E-state index contributed by atoms with van der Waals surface area (Å²) in [6, 6.07) is 6.06. The maximum absolute atomic E-state index is 12.0. The first-order valence-corrected chi connectivity index (χ1v) is 7.41. The number of hydrogen-bond donors (Lipinski definition) is 1. The van der Waals surface area contributed by atoms with E-state index in [0.717, 1.165) is 17.0 Å². The Bertz CT molecular complexity index is 523. The van der Waals surface area contributed by atoms with Gasteiger partial charge in [0, 0.05) is 13.1 Å². The summed E-state index contributed by atoms with van der Waals surface area (Å²) in [4.78, 5) is 13.7. The monoisotopic (exact) mass is 274 g/mol. The molecular weight excluding hydrogens is 252 g/mol. The van der Waals surface area contributed by atoms with E-state index in [2.05, 4.69) is 0 Å². The van der Waals surface area contributed by atoms with Crippen LogP contribution in [0.5, 0.6) is 5.75 Å². The van der Waals surface area contributed by atoms with Crippen LogP contribution in [0.25, 0.3) is 0 Å². The van der Waals surface area contributed by atoms with Gasteiger partial charge in [0.25, 0.3) is 5.91 Å². The predicted molar refractivity (Wildman–Crippen MR) is 78.8 cm³/mol. The van der Waals surface area contributed by atoms with Gasteiger partial charge in [0.05, 0.1) is 5.69 Å². The number of amides is 1. The Kier molecular flexibility index (Phi) is 3.42. The summed E-state index contributed by atoms with van der Waals surface area (Å²) in [5, 5.41) is 0. The Morgan fingerprint density at radius 3 is 2.75 bits per heavy atom. The van der Waals surface area contributed by atoms with Gasteiger partial charge in [0.2, 0.25) is 0 Å². The number of anilines is 1. The molecule has 1 heterocycles. The Balaban J connectivity index is 1.90. The van der Waals surface area contributed by atoms with E-state index in [9.17, 15) is 4.79 Å². The molecule has 0 aromatic heterocycles. The zero-order valence-electron chi connectivity index (χ0n) is 12.1. The van der Waals surface area contributed by atoms with Gasteiger partial charge >= 0.3 is 0 Å². The second-order valence-electron chi connectivity index (χ2n) is 5.95. The van der Waals surface area contributed by atoms with Gasteiger partial charge in [-0.3, -0.25) is 4.79 Å². The molecule has 20 heavy (non-hydrogen) atoms. The Labute approximate surface area is 119 Å². The number of nitrogens with zero attached hydrogens (tertiary/aromatic N) is 1. The lowest BCUT2D eigenvalue weighted by Gasteiger charge is -2.31. The van der Waals surface area contributed by atoms with Gasteiger partial charge in [-0.2, -0.15) is 0 Å². The van der Waals surface area contributed by atoms with Crippen molar-refractivity contribution in [1.82, 2.24) is 0 Å². The summed E-state index contributed by atoms with van der Waals surface area (Å²) < 4.78 is 5.64. The fourth-order valence-electron chi connectivity index (χ4n) is 3.32. The highest BCUT2D eigenvalue weighted by molar-refractivity contribution is 5.99. The number of benzene rings is 1. The van der Waals surface area contributed by atoms with Crippen LogP contribution in [0.4, 0.5) is 5.69 Å². The molecule has 1 fully saturated rings. The van der Waals surface area contributed by atoms with Crippen molar-refractivity contribution < 1.29 is 9.53 Å². The molecule has 2 unspecified atom stereocenters. The molecule has 108 valence electrons. The molecule has 1 aliphatic heterocycles. The maximum atomic E-state index is 12.0. The Hall–Kier alpha value is -1.55. The smallest absolute Gasteiger partial charge is 0.267 e. The lowest BCUT2D eigenvalue weighted by Crippen LogP contribution is -2.42. The number of carbonyl (C=O) groups excluding carboxylic acids is 1. The molecule has 2 N–H and O–H groups in total. The van der Waals surface area contributed by atoms with Crippen LogP contribution in [0.15, 0.2) is 18.2 Å². The standard InChI is InChI=1S/C16H22N2O2/c1-10-16(19)18(2)13-9-12(7-8-14(13)20-10)15(17)11-5-3-4-6-11/h7-11,15H,3-6,17H2,1-2H3. The zero-order chi connectivity index (χ0) is 14.3. The van der Waals surface area contributed by atoms with Crippen molar-refractivity contribution in [2.24, 2.45) is 11.7 Å². The minimum atomic E-state index is -0.415. The third kappa shape index (κ3) is 2.18. The van der Waals surface area contributed by atoms with E-state index in [1.807, 2.05) is 18.2 Å². The molecule has 1 aromatic carbocycles. The topological polar surface area (TPSA) is 55.6 Å². The van der Waals surface area contributed by atoms with E-state index in [4.69, 9.17) is 10.5 Å². The highest BCUT2D eigenvalue weighted by Gasteiger charge is 2.30. The number of hydrogen-bond acceptors (Lipinski definition) is 3. The predicted octanol–water partition coefficient (Wildman–Crippen LogP) is 2.62. The van der Waals surface area contributed by atoms with Crippen molar-refractivity contribution in [3.05, 3.63) is 23.8 Å². The molecule has 4 heteroatoms. The third-order valence-electron chi connectivity index (χ3n) is 4.62. The molecule has 1 aromatic rings. The lowest BCUT2D eigenvalue weighted by molar-refractivity contribution is -0.125. The van der Waals surface area contributed by atoms with Crippen molar-refractivity contribution in [1.29, 1.82) is 0 Å². The van der Waals surface area contributed by atoms with Gasteiger partial charge in [-0.1, -0.05) is 18.9 Å². The van der Waals surface area contributed by atoms with E-state index in [1.54, 1.807) is 18.9 Å². The average Bonchev–Trinajstić information content (AvgIpc) is 2.98. The van der Waals surface area contributed by atoms with Crippen molar-refractivity contribution >= 4 is 11.6 Å². The van der Waals surface area contributed by atoms with Crippen LogP contribution >= 0.6 is 0 Å². The molecule has 0 bridgehead atoms. The van der Waals surface area contributed by atoms with Crippen LogP contribution < -0.4 is 15.4 Å². The quantitative estimate of drug-likeness (QED) is 0.902. The Morgan fingerprint density at radius 2 is 2.05 bits per heavy atom. The van der Waals surface area contributed by atoms with Crippen molar-refractivity contribution in [2.75, 3.05) is 11.9 Å². The highest BCUT2D eigenvalue weighted by atomic mass is 16.5. The SMILES string of the molecule is CC1Oc2ccc(C(N)C3CCCC3)cc2N(C)C1=O. The maximum Gasteiger partial charge on any atom is 0.267 e. The molecule has 1 aliphatic carbocycles. The van der Waals surface area contributed by atoms with Gasteiger partial charge < -0.3 is 15.4 Å². The van der Waals surface area contributed by atoms with Crippen molar-refractivity contribution in [2.45, 2.75) is 44.8 Å². The van der Waals surface area contributed by atoms with Crippen molar-refractivity contribution in [3.63, 3.8) is 0 Å². The number of rotatable bonds is 2. The number of nitrogens with two attached hydrogens (primary N) is 1. The van der Waals surface area contributed by atoms with E-state index >= 15 is 0 Å². The van der Waals surface area contributed by atoms with Gasteiger partial charge in [-0.05, 0) is 43.4 Å². The molecule has 3 rings (SSSR count). The van der Waals surface area contributed by atoms with E-state index in [0.29, 0.717) is 5.92 Å². The van der Waals surface area contributed by atoms with E-state index < -0.39 is 6.10 Å². The lowest BCUT2D eigenvalue weighted by atomic mass is 9.92. The van der Waals surface area contributed by atoms with E-state index in [-0.39, 0.29) is 11.9 Å². The second-order valence-corrected chi connectivity index (χ2v) is 5.95. The number of likely N-dealkylation sites (N-methyl/N-ethyl adjacent to an activating group) is 1. The first-order valence-electron chi connectivity index (χ1n) is 7.41. The van der Waals surface area contributed by atoms with Crippen LogP contribution in [0.3, 0.4) is 0 Å². The summed E-state index contributed by atoms with van der Waals surface area (Å²) in [6.07, 6.45) is 4.56. The van der Waals surface area contributed by atoms with Gasteiger partial charge in [0.1, 0.15) is 5.75 Å². The average molecular weight is 274 g/mol. The first-order chi connectivity index (χ1) is 9.58. The molecule has 2 atom stereocenters. The molecule has 0 spiro atoms. The highest BCUT2D eigenvalue weighted by Crippen LogP contribution is 2.39. The fraction of sp³-hybridized carbons (Fsp3) is 0.562. The van der Waals surface area contributed by atoms with E-state index in [1.165, 1.54) is 25.7 Å². The van der Waals surface area contributed by atoms with Crippen molar-refractivity contribution in [3.8, 4) is 5.75 Å². The molecule has 1 amide bonds. The normalized spacial score (nSPS) is 24.4. The molecule has 1 saturated carbocycles. The molecule has 2 aliphatic rings.